The zero-order chi connectivity index (χ0) is 7.78. The second kappa shape index (κ2) is 2.95. The highest BCUT2D eigenvalue weighted by Gasteiger charge is 2.33. The zero-order valence-electron chi connectivity index (χ0n) is 6.82. The van der Waals surface area contributed by atoms with Crippen LogP contribution in [0, 0.1) is 0 Å². The molecule has 1 rings (SSSR count). The summed E-state index contributed by atoms with van der Waals surface area (Å²) in [4.78, 5) is 2.48. The molecule has 60 valence electrons. The third-order valence-corrected chi connectivity index (χ3v) is 2.87. The van der Waals surface area contributed by atoms with Gasteiger partial charge in [0.2, 0.25) is 0 Å². The summed E-state index contributed by atoms with van der Waals surface area (Å²) in [7, 11) is 0. The van der Waals surface area contributed by atoms with Gasteiger partial charge in [0.05, 0.1) is 0 Å². The fourth-order valence-electron chi connectivity index (χ4n) is 1.10. The van der Waals surface area contributed by atoms with Crippen molar-refractivity contribution in [3.8, 4) is 0 Å². The number of halogens is 1. The number of nitrogens with zero attached hydrogens (tertiary/aromatic N) is 1. The van der Waals surface area contributed by atoms with Gasteiger partial charge >= 0.3 is 0 Å². The van der Waals surface area contributed by atoms with Gasteiger partial charge in [0, 0.05) is 47.5 Å². The summed E-state index contributed by atoms with van der Waals surface area (Å²) in [5.74, 6) is 0. The van der Waals surface area contributed by atoms with Crippen molar-refractivity contribution in [2.24, 2.45) is 0 Å². The van der Waals surface area contributed by atoms with Crippen LogP contribution in [-0.4, -0.2) is 29.6 Å². The molecule has 0 unspecified atom stereocenters. The Labute approximate surface area is 76.9 Å². The largest absolute Gasteiger partial charge is 0.295 e. The molecule has 1 saturated heterocycles. The van der Waals surface area contributed by atoms with Crippen LogP contribution in [0.15, 0.2) is 0 Å². The lowest BCUT2D eigenvalue weighted by atomic mass is 9.98. The molecule has 0 aliphatic carbocycles. The van der Waals surface area contributed by atoms with Gasteiger partial charge in [0.1, 0.15) is 0 Å². The molecule has 0 aromatic heterocycles. The first-order valence-electron chi connectivity index (χ1n) is 3.65. The van der Waals surface area contributed by atoms with Crippen LogP contribution < -0.4 is 3.53 Å². The van der Waals surface area contributed by atoms with Crippen molar-refractivity contribution in [2.75, 3.05) is 13.1 Å². The topological polar surface area (TPSA) is 15.3 Å². The van der Waals surface area contributed by atoms with E-state index in [2.05, 4.69) is 52.1 Å². The predicted molar refractivity (Wildman–Crippen MR) is 52.3 cm³/mol. The van der Waals surface area contributed by atoms with Gasteiger partial charge in [0.25, 0.3) is 0 Å². The molecule has 0 amide bonds. The molecule has 1 aliphatic rings. The SMILES string of the molecule is CC(C)(C)N1CC(NI)C1. The maximum absolute atomic E-state index is 3.23. The van der Waals surface area contributed by atoms with Gasteiger partial charge in [-0.1, -0.05) is 0 Å². The molecular weight excluding hydrogens is 239 g/mol. The predicted octanol–water partition coefficient (Wildman–Crippen LogP) is 1.41. The second-order valence-electron chi connectivity index (χ2n) is 3.88. The summed E-state index contributed by atoms with van der Waals surface area (Å²) in [6.45, 7) is 9.18. The lowest BCUT2D eigenvalue weighted by molar-refractivity contribution is 0.0463. The highest BCUT2D eigenvalue weighted by atomic mass is 127. The first kappa shape index (κ1) is 8.74. The molecule has 0 radical (unpaired) electrons. The smallest absolute Gasteiger partial charge is 0.0418 e. The van der Waals surface area contributed by atoms with Gasteiger partial charge in [-0.15, -0.1) is 0 Å². The Hall–Kier alpha value is 0.650. The van der Waals surface area contributed by atoms with Crippen LogP contribution in [0.1, 0.15) is 20.8 Å². The molecule has 10 heavy (non-hydrogen) atoms. The third kappa shape index (κ3) is 1.83. The normalized spacial score (nSPS) is 22.8. The van der Waals surface area contributed by atoms with Crippen molar-refractivity contribution in [2.45, 2.75) is 32.4 Å². The summed E-state index contributed by atoms with van der Waals surface area (Å²) < 4.78 is 3.23. The molecular formula is C7H15IN2. The Balaban J connectivity index is 2.26. The van der Waals surface area contributed by atoms with Gasteiger partial charge in [-0.3, -0.25) is 8.43 Å². The van der Waals surface area contributed by atoms with Crippen molar-refractivity contribution in [3.63, 3.8) is 0 Å². The lowest BCUT2D eigenvalue weighted by Crippen LogP contribution is -2.61. The van der Waals surface area contributed by atoms with E-state index < -0.39 is 0 Å². The standard InChI is InChI=1S/C7H15IN2/c1-7(2,3)10-4-6(5-10)9-8/h6,9H,4-5H2,1-3H3. The Morgan fingerprint density at radius 3 is 2.20 bits per heavy atom. The van der Waals surface area contributed by atoms with Crippen LogP contribution in [0.4, 0.5) is 0 Å². The minimum atomic E-state index is 0.365. The highest BCUT2D eigenvalue weighted by Crippen LogP contribution is 2.20. The molecule has 1 N–H and O–H groups in total. The van der Waals surface area contributed by atoms with E-state index in [9.17, 15) is 0 Å². The quantitative estimate of drug-likeness (QED) is 0.562. The number of hydrogen-bond acceptors (Lipinski definition) is 2. The number of rotatable bonds is 1. The van der Waals surface area contributed by atoms with Crippen molar-refractivity contribution in [3.05, 3.63) is 0 Å². The minimum Gasteiger partial charge on any atom is -0.295 e. The van der Waals surface area contributed by atoms with Crippen molar-refractivity contribution >= 4 is 22.9 Å². The molecule has 1 fully saturated rings. The Morgan fingerprint density at radius 2 is 1.90 bits per heavy atom. The van der Waals surface area contributed by atoms with E-state index in [1.807, 2.05) is 0 Å². The molecule has 0 spiro atoms. The Bertz CT molecular complexity index is 113. The molecule has 2 nitrogen and oxygen atoms in total. The van der Waals surface area contributed by atoms with E-state index in [1.165, 1.54) is 13.1 Å². The van der Waals surface area contributed by atoms with E-state index in [4.69, 9.17) is 0 Å². The Morgan fingerprint density at radius 1 is 1.40 bits per heavy atom. The monoisotopic (exact) mass is 254 g/mol. The van der Waals surface area contributed by atoms with E-state index in [1.54, 1.807) is 0 Å². The fourth-order valence-corrected chi connectivity index (χ4v) is 1.49. The average molecular weight is 254 g/mol. The average Bonchev–Trinajstić information content (AvgIpc) is 1.57. The highest BCUT2D eigenvalue weighted by molar-refractivity contribution is 14.1. The van der Waals surface area contributed by atoms with Crippen molar-refractivity contribution < 1.29 is 0 Å². The van der Waals surface area contributed by atoms with E-state index in [0.29, 0.717) is 5.54 Å². The first-order valence-corrected chi connectivity index (χ1v) is 4.73. The lowest BCUT2D eigenvalue weighted by Gasteiger charge is -2.47. The molecule has 1 heterocycles. The van der Waals surface area contributed by atoms with Gasteiger partial charge in [-0.05, 0) is 20.8 Å². The van der Waals surface area contributed by atoms with Crippen LogP contribution in [-0.2, 0) is 0 Å². The molecule has 0 atom stereocenters. The summed E-state index contributed by atoms with van der Waals surface area (Å²) in [6, 6.07) is 0.722. The van der Waals surface area contributed by atoms with E-state index >= 15 is 0 Å². The summed E-state index contributed by atoms with van der Waals surface area (Å²) in [5.41, 5.74) is 0.365. The van der Waals surface area contributed by atoms with Gasteiger partial charge in [-0.25, -0.2) is 0 Å². The zero-order valence-corrected chi connectivity index (χ0v) is 8.97. The van der Waals surface area contributed by atoms with Gasteiger partial charge < -0.3 is 0 Å². The van der Waals surface area contributed by atoms with Gasteiger partial charge in [-0.2, -0.15) is 0 Å². The molecule has 3 heteroatoms. The molecule has 0 aromatic carbocycles. The summed E-state index contributed by atoms with van der Waals surface area (Å²) in [6.07, 6.45) is 0. The molecule has 1 aliphatic heterocycles. The molecule has 0 bridgehead atoms. The first-order chi connectivity index (χ1) is 4.54. The number of likely N-dealkylation sites (tertiary alicyclic amines) is 1. The Kier molecular flexibility index (Phi) is 2.58. The molecule has 0 aromatic rings. The number of hydrogen-bond donors (Lipinski definition) is 1. The maximum Gasteiger partial charge on any atom is 0.0418 e. The van der Waals surface area contributed by atoms with Crippen LogP contribution in [0.25, 0.3) is 0 Å². The van der Waals surface area contributed by atoms with Crippen LogP contribution >= 0.6 is 22.9 Å². The molecule has 0 saturated carbocycles. The fraction of sp³-hybridized carbons (Fsp3) is 1.00. The summed E-state index contributed by atoms with van der Waals surface area (Å²) >= 11 is 2.23. The van der Waals surface area contributed by atoms with E-state index in [-0.39, 0.29) is 0 Å². The maximum atomic E-state index is 3.23. The second-order valence-corrected chi connectivity index (χ2v) is 4.50. The summed E-state index contributed by atoms with van der Waals surface area (Å²) in [5, 5.41) is 0. The van der Waals surface area contributed by atoms with Gasteiger partial charge in [0.15, 0.2) is 0 Å². The van der Waals surface area contributed by atoms with Crippen LogP contribution in [0.2, 0.25) is 0 Å². The van der Waals surface area contributed by atoms with Crippen molar-refractivity contribution in [1.29, 1.82) is 0 Å². The number of nitrogens with one attached hydrogen (secondary N) is 1. The third-order valence-electron chi connectivity index (χ3n) is 1.98. The van der Waals surface area contributed by atoms with Crippen LogP contribution in [0.5, 0.6) is 0 Å². The van der Waals surface area contributed by atoms with Crippen LogP contribution in [0.3, 0.4) is 0 Å². The van der Waals surface area contributed by atoms with Crippen molar-refractivity contribution in [1.82, 2.24) is 8.43 Å². The minimum absolute atomic E-state index is 0.365. The van der Waals surface area contributed by atoms with E-state index in [0.717, 1.165) is 6.04 Å².